The van der Waals surface area contributed by atoms with Gasteiger partial charge in [0.25, 0.3) is 0 Å². The maximum absolute atomic E-state index is 9.85. The summed E-state index contributed by atoms with van der Waals surface area (Å²) in [6, 6.07) is 3.49. The van der Waals surface area contributed by atoms with Crippen LogP contribution in [0, 0.1) is 0 Å². The maximum atomic E-state index is 9.85. The molecule has 0 aliphatic carbocycles. The van der Waals surface area contributed by atoms with E-state index in [1.807, 2.05) is 6.92 Å². The summed E-state index contributed by atoms with van der Waals surface area (Å²) in [5.41, 5.74) is 0.733. The average molecular weight is 270 g/mol. The highest BCUT2D eigenvalue weighted by molar-refractivity contribution is 5.51. The van der Waals surface area contributed by atoms with Crippen LogP contribution in [-0.4, -0.2) is 39.1 Å². The van der Waals surface area contributed by atoms with Crippen LogP contribution >= 0.6 is 0 Å². The molecule has 5 heteroatoms. The zero-order valence-electron chi connectivity index (χ0n) is 12.1. The van der Waals surface area contributed by atoms with E-state index in [0.717, 1.165) is 5.56 Å². The van der Waals surface area contributed by atoms with E-state index in [9.17, 15) is 5.11 Å². The van der Waals surface area contributed by atoms with E-state index >= 15 is 0 Å². The van der Waals surface area contributed by atoms with E-state index in [1.165, 1.54) is 0 Å². The Balaban J connectivity index is 3.30. The molecule has 0 heterocycles. The molecule has 108 valence electrons. The number of rotatable bonds is 7. The molecule has 0 aromatic heterocycles. The second-order valence-corrected chi connectivity index (χ2v) is 4.07. The first kappa shape index (κ1) is 15.6. The van der Waals surface area contributed by atoms with E-state index in [2.05, 4.69) is 0 Å². The Morgan fingerprint density at radius 2 is 1.53 bits per heavy atom. The summed E-state index contributed by atoms with van der Waals surface area (Å²) < 4.78 is 21.4. The predicted molar refractivity (Wildman–Crippen MR) is 72.1 cm³/mol. The predicted octanol–water partition coefficient (Wildman–Crippen LogP) is 2.17. The van der Waals surface area contributed by atoms with Crippen molar-refractivity contribution in [1.82, 2.24) is 0 Å². The molecule has 0 spiro atoms. The fourth-order valence-corrected chi connectivity index (χ4v) is 1.94. The highest BCUT2D eigenvalue weighted by atomic mass is 16.5. The first-order valence-electron chi connectivity index (χ1n) is 6.18. The van der Waals surface area contributed by atoms with Crippen LogP contribution in [0.1, 0.15) is 25.5 Å². The second-order valence-electron chi connectivity index (χ2n) is 4.07. The van der Waals surface area contributed by atoms with Crippen LogP contribution in [0.15, 0.2) is 12.1 Å². The van der Waals surface area contributed by atoms with Crippen molar-refractivity contribution in [2.75, 3.05) is 27.9 Å². The molecule has 0 aliphatic heterocycles. The van der Waals surface area contributed by atoms with Gasteiger partial charge < -0.3 is 24.1 Å². The van der Waals surface area contributed by atoms with Gasteiger partial charge in [0, 0.05) is 18.2 Å². The Bertz CT molecular complexity index is 403. The summed E-state index contributed by atoms with van der Waals surface area (Å²) in [5, 5.41) is 9.85. The van der Waals surface area contributed by atoms with Crippen molar-refractivity contribution in [3.63, 3.8) is 0 Å². The molecule has 0 aliphatic rings. The number of aliphatic hydroxyl groups excluding tert-OH is 1. The van der Waals surface area contributed by atoms with Crippen molar-refractivity contribution in [3.8, 4) is 17.2 Å². The summed E-state index contributed by atoms with van der Waals surface area (Å²) >= 11 is 0. The van der Waals surface area contributed by atoms with Gasteiger partial charge in [-0.3, -0.25) is 0 Å². The third-order valence-electron chi connectivity index (χ3n) is 2.83. The Morgan fingerprint density at radius 1 is 1.00 bits per heavy atom. The van der Waals surface area contributed by atoms with Crippen LogP contribution in [0.3, 0.4) is 0 Å². The van der Waals surface area contributed by atoms with Crippen molar-refractivity contribution >= 4 is 0 Å². The first-order chi connectivity index (χ1) is 9.08. The number of aliphatic hydroxyl groups is 1. The van der Waals surface area contributed by atoms with E-state index in [4.69, 9.17) is 18.9 Å². The van der Waals surface area contributed by atoms with Crippen LogP contribution in [0.4, 0.5) is 0 Å². The van der Waals surface area contributed by atoms with Crippen LogP contribution in [0.5, 0.6) is 17.2 Å². The van der Waals surface area contributed by atoms with Crippen molar-refractivity contribution in [2.24, 2.45) is 0 Å². The molecule has 0 bridgehead atoms. The molecule has 0 saturated carbocycles. The maximum Gasteiger partial charge on any atom is 0.164 e. The standard InChI is InChI=1S/C14H22O5/c1-6-19-14(9(2)15)10-7-12(17-4)13(18-5)8-11(10)16-3/h7-9,14-15H,6H2,1-5H3/t9-,14+/m0/s1. The molecule has 0 radical (unpaired) electrons. The third kappa shape index (κ3) is 3.52. The van der Waals surface area contributed by atoms with E-state index in [1.54, 1.807) is 40.4 Å². The van der Waals surface area contributed by atoms with Gasteiger partial charge in [0.05, 0.1) is 27.4 Å². The molecule has 0 amide bonds. The van der Waals surface area contributed by atoms with Gasteiger partial charge >= 0.3 is 0 Å². The van der Waals surface area contributed by atoms with Crippen LogP contribution in [0.25, 0.3) is 0 Å². The number of hydrogen-bond acceptors (Lipinski definition) is 5. The van der Waals surface area contributed by atoms with Crippen molar-refractivity contribution in [1.29, 1.82) is 0 Å². The first-order valence-corrected chi connectivity index (χ1v) is 6.18. The fourth-order valence-electron chi connectivity index (χ4n) is 1.94. The fraction of sp³-hybridized carbons (Fsp3) is 0.571. The molecule has 1 N–H and O–H groups in total. The van der Waals surface area contributed by atoms with Gasteiger partial charge in [-0.05, 0) is 19.9 Å². The lowest BCUT2D eigenvalue weighted by molar-refractivity contribution is -0.0271. The Hall–Kier alpha value is -1.46. The zero-order valence-corrected chi connectivity index (χ0v) is 12.1. The molecule has 0 saturated heterocycles. The van der Waals surface area contributed by atoms with Gasteiger partial charge in [-0.1, -0.05) is 0 Å². The molecule has 0 unspecified atom stereocenters. The largest absolute Gasteiger partial charge is 0.496 e. The number of benzene rings is 1. The van der Waals surface area contributed by atoms with Gasteiger partial charge in [-0.15, -0.1) is 0 Å². The molecule has 1 aromatic rings. The summed E-state index contributed by atoms with van der Waals surface area (Å²) in [6.07, 6.45) is -1.13. The van der Waals surface area contributed by atoms with Gasteiger partial charge in [-0.25, -0.2) is 0 Å². The van der Waals surface area contributed by atoms with Gasteiger partial charge in [0.15, 0.2) is 11.5 Å². The normalized spacial score (nSPS) is 13.8. The minimum atomic E-state index is -0.660. The number of ether oxygens (including phenoxy) is 4. The second kappa shape index (κ2) is 7.21. The lowest BCUT2D eigenvalue weighted by atomic mass is 10.0. The molecular formula is C14H22O5. The van der Waals surface area contributed by atoms with Gasteiger partial charge in [0.1, 0.15) is 11.9 Å². The topological polar surface area (TPSA) is 57.2 Å². The van der Waals surface area contributed by atoms with Crippen LogP contribution < -0.4 is 14.2 Å². The third-order valence-corrected chi connectivity index (χ3v) is 2.83. The van der Waals surface area contributed by atoms with Crippen LogP contribution in [-0.2, 0) is 4.74 Å². The Morgan fingerprint density at radius 3 is 1.95 bits per heavy atom. The molecule has 1 aromatic carbocycles. The smallest absolute Gasteiger partial charge is 0.164 e. The van der Waals surface area contributed by atoms with Crippen molar-refractivity contribution < 1.29 is 24.1 Å². The molecular weight excluding hydrogens is 248 g/mol. The number of hydrogen-bond donors (Lipinski definition) is 1. The minimum Gasteiger partial charge on any atom is -0.496 e. The molecule has 19 heavy (non-hydrogen) atoms. The van der Waals surface area contributed by atoms with E-state index < -0.39 is 12.2 Å². The Kier molecular flexibility index (Phi) is 5.92. The molecule has 5 nitrogen and oxygen atoms in total. The summed E-state index contributed by atoms with van der Waals surface area (Å²) in [7, 11) is 4.69. The molecule has 0 fully saturated rings. The SMILES string of the molecule is CCO[C@@H](c1cc(OC)c(OC)cc1OC)[C@H](C)O. The van der Waals surface area contributed by atoms with Gasteiger partial charge in [-0.2, -0.15) is 0 Å². The van der Waals surface area contributed by atoms with Crippen molar-refractivity contribution in [3.05, 3.63) is 17.7 Å². The number of methoxy groups -OCH3 is 3. The molecule has 2 atom stereocenters. The monoisotopic (exact) mass is 270 g/mol. The minimum absolute atomic E-state index is 0.472. The summed E-state index contributed by atoms with van der Waals surface area (Å²) in [4.78, 5) is 0. The molecule has 1 rings (SSSR count). The quantitative estimate of drug-likeness (QED) is 0.823. The van der Waals surface area contributed by atoms with Crippen molar-refractivity contribution in [2.45, 2.75) is 26.1 Å². The Labute approximate surface area is 114 Å². The van der Waals surface area contributed by atoms with Crippen LogP contribution in [0.2, 0.25) is 0 Å². The van der Waals surface area contributed by atoms with E-state index in [-0.39, 0.29) is 0 Å². The van der Waals surface area contributed by atoms with Gasteiger partial charge in [0.2, 0.25) is 0 Å². The van der Waals surface area contributed by atoms with E-state index in [0.29, 0.717) is 23.9 Å². The highest BCUT2D eigenvalue weighted by Crippen LogP contribution is 2.39. The summed E-state index contributed by atoms with van der Waals surface area (Å²) in [5.74, 6) is 1.74. The average Bonchev–Trinajstić information content (AvgIpc) is 2.42. The zero-order chi connectivity index (χ0) is 14.4. The summed E-state index contributed by atoms with van der Waals surface area (Å²) in [6.45, 7) is 4.05. The lowest BCUT2D eigenvalue weighted by Gasteiger charge is -2.23. The lowest BCUT2D eigenvalue weighted by Crippen LogP contribution is -2.19. The highest BCUT2D eigenvalue weighted by Gasteiger charge is 2.24.